The van der Waals surface area contributed by atoms with E-state index in [1.165, 1.54) is 5.56 Å². The summed E-state index contributed by atoms with van der Waals surface area (Å²) in [5, 5.41) is 0. The lowest BCUT2D eigenvalue weighted by Gasteiger charge is -2.13. The van der Waals surface area contributed by atoms with Gasteiger partial charge in [0.2, 0.25) is 0 Å². The Morgan fingerprint density at radius 3 is 2.25 bits per heavy atom. The second kappa shape index (κ2) is 10.2. The van der Waals surface area contributed by atoms with Crippen molar-refractivity contribution in [3.63, 3.8) is 0 Å². The summed E-state index contributed by atoms with van der Waals surface area (Å²) in [7, 11) is 0. The average Bonchev–Trinajstić information content (AvgIpc) is 2.48. The number of hydrogen-bond donors (Lipinski definition) is 0. The first-order valence-corrected chi connectivity index (χ1v) is 7.66. The molecule has 0 aliphatic carbocycles. The lowest BCUT2D eigenvalue weighted by molar-refractivity contribution is 0.268. The topological polar surface area (TPSA) is 18.5 Å². The van der Waals surface area contributed by atoms with E-state index in [-0.39, 0.29) is 0 Å². The average molecular weight is 274 g/mol. The van der Waals surface area contributed by atoms with Crippen LogP contribution >= 0.6 is 0 Å². The highest BCUT2D eigenvalue weighted by molar-refractivity contribution is 5.43. The molecule has 0 N–H and O–H groups in total. The van der Waals surface area contributed by atoms with Gasteiger partial charge in [0.1, 0.15) is 0 Å². The Labute approximate surface area is 123 Å². The standard InChI is InChI=1S/C18H26O2/c1-4-7-8-9-10-16-11-12-17(19-13-5-2)18(15-16)20-14-6-3/h11-12,15H,4-6,9-10,13-14H2,1-3H3. The zero-order valence-corrected chi connectivity index (χ0v) is 13.0. The van der Waals surface area contributed by atoms with Gasteiger partial charge in [-0.2, -0.15) is 0 Å². The van der Waals surface area contributed by atoms with Gasteiger partial charge in [-0.3, -0.25) is 0 Å². The minimum Gasteiger partial charge on any atom is -0.490 e. The first-order chi connectivity index (χ1) is 9.81. The first kappa shape index (κ1) is 16.4. The third kappa shape index (κ3) is 6.02. The van der Waals surface area contributed by atoms with Crippen molar-refractivity contribution in [3.05, 3.63) is 23.8 Å². The second-order valence-electron chi connectivity index (χ2n) is 4.69. The fourth-order valence-electron chi connectivity index (χ4n) is 1.78. The Bertz CT molecular complexity index is 440. The number of benzene rings is 1. The molecule has 2 heteroatoms. The quantitative estimate of drug-likeness (QED) is 0.644. The summed E-state index contributed by atoms with van der Waals surface area (Å²) in [4.78, 5) is 0. The highest BCUT2D eigenvalue weighted by atomic mass is 16.5. The van der Waals surface area contributed by atoms with Crippen molar-refractivity contribution < 1.29 is 9.47 Å². The van der Waals surface area contributed by atoms with Crippen LogP contribution in [0, 0.1) is 11.8 Å². The molecular weight excluding hydrogens is 248 g/mol. The molecule has 0 spiro atoms. The van der Waals surface area contributed by atoms with Gasteiger partial charge >= 0.3 is 0 Å². The van der Waals surface area contributed by atoms with Gasteiger partial charge in [0.05, 0.1) is 13.2 Å². The van der Waals surface area contributed by atoms with Gasteiger partial charge in [-0.1, -0.05) is 26.8 Å². The molecule has 0 heterocycles. The van der Waals surface area contributed by atoms with E-state index in [0.717, 1.165) is 56.8 Å². The van der Waals surface area contributed by atoms with Gasteiger partial charge in [-0.05, 0) is 37.0 Å². The van der Waals surface area contributed by atoms with E-state index in [9.17, 15) is 0 Å². The maximum Gasteiger partial charge on any atom is 0.161 e. The van der Waals surface area contributed by atoms with Gasteiger partial charge in [0, 0.05) is 12.8 Å². The monoisotopic (exact) mass is 274 g/mol. The van der Waals surface area contributed by atoms with Crippen LogP contribution < -0.4 is 9.47 Å². The Balaban J connectivity index is 2.72. The van der Waals surface area contributed by atoms with Crippen molar-refractivity contribution in [3.8, 4) is 23.3 Å². The maximum absolute atomic E-state index is 5.79. The molecule has 20 heavy (non-hydrogen) atoms. The van der Waals surface area contributed by atoms with E-state index in [1.54, 1.807) is 0 Å². The lowest BCUT2D eigenvalue weighted by Crippen LogP contribution is -2.02. The highest BCUT2D eigenvalue weighted by Crippen LogP contribution is 2.29. The van der Waals surface area contributed by atoms with Crippen LogP contribution in [0.5, 0.6) is 11.5 Å². The molecule has 0 fully saturated rings. The van der Waals surface area contributed by atoms with E-state index < -0.39 is 0 Å². The molecule has 1 aromatic carbocycles. The van der Waals surface area contributed by atoms with Crippen LogP contribution in [0.1, 0.15) is 52.0 Å². The SMILES string of the molecule is CCC#CCCc1ccc(OCCC)c(OCCC)c1. The maximum atomic E-state index is 5.79. The summed E-state index contributed by atoms with van der Waals surface area (Å²) in [6, 6.07) is 6.22. The third-order valence-corrected chi connectivity index (χ3v) is 2.77. The third-order valence-electron chi connectivity index (χ3n) is 2.77. The van der Waals surface area contributed by atoms with E-state index in [0.29, 0.717) is 0 Å². The summed E-state index contributed by atoms with van der Waals surface area (Å²) in [6.07, 6.45) is 4.79. The number of ether oxygens (including phenoxy) is 2. The van der Waals surface area contributed by atoms with E-state index in [4.69, 9.17) is 9.47 Å². The van der Waals surface area contributed by atoms with Crippen LogP contribution in [0.4, 0.5) is 0 Å². The fourth-order valence-corrected chi connectivity index (χ4v) is 1.78. The van der Waals surface area contributed by atoms with E-state index in [2.05, 4.69) is 44.7 Å². The number of rotatable bonds is 8. The molecule has 0 saturated carbocycles. The molecule has 1 aromatic rings. The highest BCUT2D eigenvalue weighted by Gasteiger charge is 2.06. The van der Waals surface area contributed by atoms with Crippen molar-refractivity contribution in [2.45, 2.75) is 52.9 Å². The van der Waals surface area contributed by atoms with Crippen molar-refractivity contribution in [1.82, 2.24) is 0 Å². The molecular formula is C18H26O2. The van der Waals surface area contributed by atoms with Gasteiger partial charge in [-0.25, -0.2) is 0 Å². The van der Waals surface area contributed by atoms with E-state index in [1.807, 2.05) is 6.07 Å². The molecule has 0 atom stereocenters. The second-order valence-corrected chi connectivity index (χ2v) is 4.69. The van der Waals surface area contributed by atoms with Crippen molar-refractivity contribution >= 4 is 0 Å². The van der Waals surface area contributed by atoms with Gasteiger partial charge in [0.25, 0.3) is 0 Å². The largest absolute Gasteiger partial charge is 0.490 e. The number of hydrogen-bond acceptors (Lipinski definition) is 2. The van der Waals surface area contributed by atoms with Gasteiger partial charge < -0.3 is 9.47 Å². The van der Waals surface area contributed by atoms with E-state index >= 15 is 0 Å². The smallest absolute Gasteiger partial charge is 0.161 e. The Kier molecular flexibility index (Phi) is 8.38. The summed E-state index contributed by atoms with van der Waals surface area (Å²) in [5.41, 5.74) is 1.25. The minimum absolute atomic E-state index is 0.724. The summed E-state index contributed by atoms with van der Waals surface area (Å²) < 4.78 is 11.5. The molecule has 0 aliphatic heterocycles. The lowest BCUT2D eigenvalue weighted by atomic mass is 10.1. The van der Waals surface area contributed by atoms with Gasteiger partial charge in [0.15, 0.2) is 11.5 Å². The molecule has 0 aliphatic rings. The van der Waals surface area contributed by atoms with Crippen LogP contribution in [0.3, 0.4) is 0 Å². The zero-order valence-electron chi connectivity index (χ0n) is 13.0. The molecule has 0 radical (unpaired) electrons. The van der Waals surface area contributed by atoms with Crippen LogP contribution in [0.15, 0.2) is 18.2 Å². The fraction of sp³-hybridized carbons (Fsp3) is 0.556. The first-order valence-electron chi connectivity index (χ1n) is 7.66. The summed E-state index contributed by atoms with van der Waals surface area (Å²) in [5.74, 6) is 7.99. The Morgan fingerprint density at radius 1 is 0.900 bits per heavy atom. The molecule has 110 valence electrons. The molecule has 0 bridgehead atoms. The van der Waals surface area contributed by atoms with Crippen molar-refractivity contribution in [2.24, 2.45) is 0 Å². The van der Waals surface area contributed by atoms with Crippen LogP contribution in [-0.2, 0) is 6.42 Å². The molecule has 0 aromatic heterocycles. The van der Waals surface area contributed by atoms with Gasteiger partial charge in [-0.15, -0.1) is 11.8 Å². The Hall–Kier alpha value is -1.62. The molecule has 1 rings (SSSR count). The normalized spacial score (nSPS) is 9.75. The molecule has 0 amide bonds. The Morgan fingerprint density at radius 2 is 1.60 bits per heavy atom. The summed E-state index contributed by atoms with van der Waals surface area (Å²) in [6.45, 7) is 7.74. The predicted octanol–water partition coefficient (Wildman–Crippen LogP) is 4.61. The molecule has 2 nitrogen and oxygen atoms in total. The van der Waals surface area contributed by atoms with Crippen LogP contribution in [0.2, 0.25) is 0 Å². The van der Waals surface area contributed by atoms with Crippen molar-refractivity contribution in [2.75, 3.05) is 13.2 Å². The summed E-state index contributed by atoms with van der Waals surface area (Å²) >= 11 is 0. The number of aryl methyl sites for hydroxylation is 1. The predicted molar refractivity (Wildman–Crippen MR) is 84.4 cm³/mol. The zero-order chi connectivity index (χ0) is 14.6. The minimum atomic E-state index is 0.724. The van der Waals surface area contributed by atoms with Crippen molar-refractivity contribution in [1.29, 1.82) is 0 Å². The molecule has 0 unspecified atom stereocenters. The van der Waals surface area contributed by atoms with Crippen LogP contribution in [-0.4, -0.2) is 13.2 Å². The molecule has 0 saturated heterocycles. The van der Waals surface area contributed by atoms with Crippen LogP contribution in [0.25, 0.3) is 0 Å².